The molecule has 1 aliphatic rings. The molecule has 1 aromatic carbocycles. The van der Waals surface area contributed by atoms with Crippen molar-refractivity contribution in [1.29, 1.82) is 0 Å². The number of carbonyl (C=O) groups is 1. The van der Waals surface area contributed by atoms with E-state index in [0.717, 1.165) is 17.7 Å². The number of carbonyl (C=O) groups excluding carboxylic acids is 1. The fourth-order valence-corrected chi connectivity index (χ4v) is 3.25. The molecule has 0 radical (unpaired) electrons. The Morgan fingerprint density at radius 2 is 2.00 bits per heavy atom. The Labute approximate surface area is 125 Å². The number of esters is 1. The number of nitrogens with one attached hydrogen (secondary N) is 1. The largest absolute Gasteiger partial charge is 0.465 e. The summed E-state index contributed by atoms with van der Waals surface area (Å²) in [6, 6.07) is 4.46. The third kappa shape index (κ3) is 4.14. The van der Waals surface area contributed by atoms with E-state index in [-0.39, 0.29) is 12.0 Å². The summed E-state index contributed by atoms with van der Waals surface area (Å²) < 4.78 is 42.6. The molecule has 1 aliphatic heterocycles. The second kappa shape index (κ2) is 6.70. The van der Waals surface area contributed by atoms with Gasteiger partial charge in [0.25, 0.3) is 0 Å². The Morgan fingerprint density at radius 3 is 2.57 bits per heavy atom. The zero-order chi connectivity index (χ0) is 15.5. The van der Waals surface area contributed by atoms with Crippen LogP contribution in [0.2, 0.25) is 0 Å². The molecule has 2 atom stereocenters. The van der Waals surface area contributed by atoms with Crippen molar-refractivity contribution < 1.29 is 22.7 Å². The average molecular weight is 319 g/mol. The van der Waals surface area contributed by atoms with E-state index in [1.165, 1.54) is 12.1 Å². The zero-order valence-electron chi connectivity index (χ0n) is 11.4. The maximum Gasteiger partial charge on any atom is 0.416 e. The lowest BCUT2D eigenvalue weighted by Gasteiger charge is -2.29. The van der Waals surface area contributed by atoms with E-state index in [2.05, 4.69) is 5.32 Å². The van der Waals surface area contributed by atoms with Crippen molar-refractivity contribution in [2.75, 3.05) is 18.1 Å². The van der Waals surface area contributed by atoms with Crippen molar-refractivity contribution in [2.24, 2.45) is 0 Å². The van der Waals surface area contributed by atoms with Gasteiger partial charge in [-0.15, -0.1) is 0 Å². The van der Waals surface area contributed by atoms with Crippen LogP contribution in [0.5, 0.6) is 0 Å². The van der Waals surface area contributed by atoms with E-state index in [1.807, 2.05) is 0 Å². The van der Waals surface area contributed by atoms with Gasteiger partial charge in [-0.05, 0) is 24.6 Å². The molecule has 7 heteroatoms. The Bertz CT molecular complexity index is 490. The van der Waals surface area contributed by atoms with Gasteiger partial charge in [0.1, 0.15) is 6.04 Å². The molecule has 21 heavy (non-hydrogen) atoms. The molecule has 1 fully saturated rings. The van der Waals surface area contributed by atoms with Crippen LogP contribution in [0, 0.1) is 0 Å². The predicted molar refractivity (Wildman–Crippen MR) is 75.1 cm³/mol. The van der Waals surface area contributed by atoms with Crippen LogP contribution in [0.15, 0.2) is 24.3 Å². The third-order valence-corrected chi connectivity index (χ3v) is 4.32. The summed E-state index contributed by atoms with van der Waals surface area (Å²) in [6.07, 6.45) is -4.33. The van der Waals surface area contributed by atoms with Crippen LogP contribution in [0.4, 0.5) is 13.2 Å². The van der Waals surface area contributed by atoms with Gasteiger partial charge in [-0.1, -0.05) is 12.1 Å². The maximum atomic E-state index is 12.5. The van der Waals surface area contributed by atoms with E-state index in [9.17, 15) is 18.0 Å². The molecule has 1 aromatic rings. The number of rotatable bonds is 3. The molecule has 1 N–H and O–H groups in total. The number of alkyl halides is 3. The first-order valence-corrected chi connectivity index (χ1v) is 7.75. The normalized spacial score (nSPS) is 22.9. The first-order chi connectivity index (χ1) is 9.91. The van der Waals surface area contributed by atoms with Gasteiger partial charge >= 0.3 is 12.1 Å². The molecule has 1 saturated heterocycles. The second-order valence-corrected chi connectivity index (χ2v) is 5.76. The number of ether oxygens (including phenoxy) is 1. The third-order valence-electron chi connectivity index (χ3n) is 3.18. The van der Waals surface area contributed by atoms with Crippen molar-refractivity contribution in [2.45, 2.75) is 25.2 Å². The Hall–Kier alpha value is -1.21. The summed E-state index contributed by atoms with van der Waals surface area (Å²) in [5.41, 5.74) is 0.0705. The van der Waals surface area contributed by atoms with Crippen LogP contribution < -0.4 is 5.32 Å². The summed E-state index contributed by atoms with van der Waals surface area (Å²) in [6.45, 7) is 2.05. The minimum atomic E-state index is -4.33. The van der Waals surface area contributed by atoms with Gasteiger partial charge < -0.3 is 4.74 Å². The minimum Gasteiger partial charge on any atom is -0.465 e. The number of hydrogen-bond donors (Lipinski definition) is 1. The number of halogens is 3. The molecule has 3 nitrogen and oxygen atoms in total. The molecule has 0 saturated carbocycles. The highest BCUT2D eigenvalue weighted by atomic mass is 32.2. The summed E-state index contributed by atoms with van der Waals surface area (Å²) in [4.78, 5) is 11.7. The minimum absolute atomic E-state index is 0.152. The molecule has 0 spiro atoms. The summed E-state index contributed by atoms with van der Waals surface area (Å²) in [5.74, 6) is 0.999. The Morgan fingerprint density at radius 1 is 1.33 bits per heavy atom. The highest BCUT2D eigenvalue weighted by Gasteiger charge is 2.32. The molecule has 116 valence electrons. The van der Waals surface area contributed by atoms with Gasteiger partial charge in [-0.3, -0.25) is 10.1 Å². The summed E-state index contributed by atoms with van der Waals surface area (Å²) in [7, 11) is 0. The van der Waals surface area contributed by atoms with Crippen molar-refractivity contribution in [3.05, 3.63) is 35.4 Å². The van der Waals surface area contributed by atoms with E-state index in [1.54, 1.807) is 18.7 Å². The standard InChI is InChI=1S/C14H16F3NO2S/c1-2-20-13(19)12-8-21-7-11(18-12)9-3-5-10(6-4-9)14(15,16)17/h3-6,11-12,18H,2,7-8H2,1H3/t11-,12+/m1/s1. The molecule has 0 aliphatic carbocycles. The van der Waals surface area contributed by atoms with Gasteiger partial charge in [0.2, 0.25) is 0 Å². The smallest absolute Gasteiger partial charge is 0.416 e. The fourth-order valence-electron chi connectivity index (χ4n) is 2.12. The zero-order valence-corrected chi connectivity index (χ0v) is 12.3. The Balaban J connectivity index is 2.06. The van der Waals surface area contributed by atoms with Crippen molar-refractivity contribution in [3.8, 4) is 0 Å². The van der Waals surface area contributed by atoms with Gasteiger partial charge in [-0.2, -0.15) is 24.9 Å². The molecule has 0 bridgehead atoms. The van der Waals surface area contributed by atoms with Gasteiger partial charge in [0.05, 0.1) is 12.2 Å². The fraction of sp³-hybridized carbons (Fsp3) is 0.500. The first kappa shape index (κ1) is 16.2. The number of hydrogen-bond acceptors (Lipinski definition) is 4. The highest BCUT2D eigenvalue weighted by Crippen LogP contribution is 2.31. The predicted octanol–water partition coefficient (Wildman–Crippen LogP) is 3.01. The summed E-state index contributed by atoms with van der Waals surface area (Å²) >= 11 is 1.58. The quantitative estimate of drug-likeness (QED) is 0.869. The monoisotopic (exact) mass is 319 g/mol. The van der Waals surface area contributed by atoms with Gasteiger partial charge in [-0.25, -0.2) is 0 Å². The van der Waals surface area contributed by atoms with Crippen molar-refractivity contribution in [1.82, 2.24) is 5.32 Å². The number of benzene rings is 1. The van der Waals surface area contributed by atoms with Crippen molar-refractivity contribution >= 4 is 17.7 Å². The molecular weight excluding hydrogens is 303 g/mol. The molecule has 1 heterocycles. The molecule has 0 amide bonds. The van der Waals surface area contributed by atoms with Crippen LogP contribution in [-0.2, 0) is 15.7 Å². The van der Waals surface area contributed by atoms with Crippen LogP contribution in [0.25, 0.3) is 0 Å². The second-order valence-electron chi connectivity index (χ2n) is 4.68. The highest BCUT2D eigenvalue weighted by molar-refractivity contribution is 7.99. The maximum absolute atomic E-state index is 12.5. The van der Waals surface area contributed by atoms with Gasteiger partial charge in [0.15, 0.2) is 0 Å². The van der Waals surface area contributed by atoms with Crippen LogP contribution >= 0.6 is 11.8 Å². The lowest BCUT2D eigenvalue weighted by molar-refractivity contribution is -0.145. The average Bonchev–Trinajstić information content (AvgIpc) is 2.47. The lowest BCUT2D eigenvalue weighted by Crippen LogP contribution is -2.46. The van der Waals surface area contributed by atoms with E-state index >= 15 is 0 Å². The topological polar surface area (TPSA) is 38.3 Å². The lowest BCUT2D eigenvalue weighted by atomic mass is 10.0. The van der Waals surface area contributed by atoms with Crippen LogP contribution in [0.3, 0.4) is 0 Å². The first-order valence-electron chi connectivity index (χ1n) is 6.59. The SMILES string of the molecule is CCOC(=O)[C@@H]1CSC[C@H](c2ccc(C(F)(F)F)cc2)N1. The van der Waals surface area contributed by atoms with E-state index in [0.29, 0.717) is 18.1 Å². The van der Waals surface area contributed by atoms with Crippen LogP contribution in [-0.4, -0.2) is 30.1 Å². The summed E-state index contributed by atoms with van der Waals surface area (Å²) in [5, 5.41) is 3.14. The van der Waals surface area contributed by atoms with Gasteiger partial charge in [0, 0.05) is 17.5 Å². The van der Waals surface area contributed by atoms with Crippen LogP contribution in [0.1, 0.15) is 24.1 Å². The van der Waals surface area contributed by atoms with Crippen molar-refractivity contribution in [3.63, 3.8) is 0 Å². The molecular formula is C14H16F3NO2S. The molecule has 2 rings (SSSR count). The van der Waals surface area contributed by atoms with E-state index in [4.69, 9.17) is 4.74 Å². The van der Waals surface area contributed by atoms with E-state index < -0.39 is 17.8 Å². The molecule has 0 unspecified atom stereocenters. The molecule has 0 aromatic heterocycles. The Kier molecular flexibility index (Phi) is 5.16. The number of thioether (sulfide) groups is 1.